The number of amides is 1. The van der Waals surface area contributed by atoms with Crippen molar-refractivity contribution in [1.29, 1.82) is 0 Å². The van der Waals surface area contributed by atoms with Crippen molar-refractivity contribution in [1.82, 2.24) is 16.3 Å². The molecule has 1 heterocycles. The number of hydrogen-bond acceptors (Lipinski definition) is 4. The minimum absolute atomic E-state index is 0.0394. The van der Waals surface area contributed by atoms with E-state index >= 15 is 0 Å². The Hall–Kier alpha value is -2.57. The van der Waals surface area contributed by atoms with Gasteiger partial charge in [0, 0.05) is 6.04 Å². The predicted molar refractivity (Wildman–Crippen MR) is 90.7 cm³/mol. The Bertz CT molecular complexity index is 728. The van der Waals surface area contributed by atoms with Crippen molar-refractivity contribution in [2.75, 3.05) is 0 Å². The second kappa shape index (κ2) is 7.33. The van der Waals surface area contributed by atoms with Crippen LogP contribution in [0.5, 0.6) is 0 Å². The van der Waals surface area contributed by atoms with E-state index < -0.39 is 6.04 Å². The molecule has 0 bridgehead atoms. The van der Waals surface area contributed by atoms with Crippen molar-refractivity contribution in [2.24, 2.45) is 5.10 Å². The number of halogens is 1. The molecule has 24 heavy (non-hydrogen) atoms. The maximum atomic E-state index is 13.0. The molecule has 1 fully saturated rings. The monoisotopic (exact) mass is 326 g/mol. The van der Waals surface area contributed by atoms with Crippen molar-refractivity contribution in [2.45, 2.75) is 25.4 Å². The van der Waals surface area contributed by atoms with Crippen LogP contribution in [0.2, 0.25) is 0 Å². The number of hydrazine groups is 1. The Morgan fingerprint density at radius 3 is 2.58 bits per heavy atom. The summed E-state index contributed by atoms with van der Waals surface area (Å²) in [5.74, 6) is -0.486. The van der Waals surface area contributed by atoms with Gasteiger partial charge >= 0.3 is 0 Å². The molecule has 0 saturated carbocycles. The van der Waals surface area contributed by atoms with E-state index in [4.69, 9.17) is 0 Å². The Labute approximate surface area is 139 Å². The van der Waals surface area contributed by atoms with Gasteiger partial charge in [-0.3, -0.25) is 4.79 Å². The van der Waals surface area contributed by atoms with E-state index in [1.807, 2.05) is 31.2 Å². The number of carbonyl (C=O) groups is 1. The molecule has 2 aromatic rings. The first-order chi connectivity index (χ1) is 11.6. The lowest BCUT2D eigenvalue weighted by Gasteiger charge is -2.09. The topological polar surface area (TPSA) is 65.5 Å². The quantitative estimate of drug-likeness (QED) is 0.596. The molecule has 2 atom stereocenters. The lowest BCUT2D eigenvalue weighted by molar-refractivity contribution is -0.122. The molecule has 0 radical (unpaired) electrons. The molecule has 1 saturated heterocycles. The summed E-state index contributed by atoms with van der Waals surface area (Å²) >= 11 is 0. The first-order valence-corrected chi connectivity index (χ1v) is 7.78. The Morgan fingerprint density at radius 2 is 1.88 bits per heavy atom. The summed E-state index contributed by atoms with van der Waals surface area (Å²) in [6.45, 7) is 2.01. The molecule has 1 aliphatic rings. The van der Waals surface area contributed by atoms with E-state index in [0.29, 0.717) is 6.42 Å². The fourth-order valence-corrected chi connectivity index (χ4v) is 2.54. The maximum absolute atomic E-state index is 13.0. The van der Waals surface area contributed by atoms with Crippen molar-refractivity contribution >= 4 is 12.1 Å². The van der Waals surface area contributed by atoms with Gasteiger partial charge in [-0.05, 0) is 36.6 Å². The third kappa shape index (κ3) is 4.04. The molecule has 3 N–H and O–H groups in total. The highest BCUT2D eigenvalue weighted by Crippen LogP contribution is 2.22. The van der Waals surface area contributed by atoms with Crippen molar-refractivity contribution in [3.63, 3.8) is 0 Å². The number of hydrogen-bond donors (Lipinski definition) is 3. The summed E-state index contributed by atoms with van der Waals surface area (Å²) < 4.78 is 13.0. The number of carbonyl (C=O) groups excluding carboxylic acids is 1. The number of rotatable bonds is 4. The summed E-state index contributed by atoms with van der Waals surface area (Å²) in [7, 11) is 0. The fourth-order valence-electron chi connectivity index (χ4n) is 2.54. The standard InChI is InChI=1S/C18H19FN4O/c1-12-2-4-13(5-3-12)11-20-23-18(24)17-10-16(21-22-17)14-6-8-15(19)9-7-14/h2-9,11,16-17,21-22H,10H2,1H3,(H,23,24)/b20-11+. The molecule has 1 amide bonds. The van der Waals surface area contributed by atoms with Gasteiger partial charge in [0.25, 0.3) is 5.91 Å². The van der Waals surface area contributed by atoms with E-state index in [1.165, 1.54) is 17.7 Å². The minimum Gasteiger partial charge on any atom is -0.271 e. The van der Waals surface area contributed by atoms with Gasteiger partial charge in [0.1, 0.15) is 11.9 Å². The molecule has 0 aliphatic carbocycles. The smallest absolute Gasteiger partial charge is 0.258 e. The average Bonchev–Trinajstić information content (AvgIpc) is 3.07. The molecular formula is C18H19FN4O. The molecule has 2 unspecified atom stereocenters. The Balaban J connectivity index is 1.52. The van der Waals surface area contributed by atoms with Crippen LogP contribution in [-0.2, 0) is 4.79 Å². The highest BCUT2D eigenvalue weighted by atomic mass is 19.1. The van der Waals surface area contributed by atoms with Crippen LogP contribution in [-0.4, -0.2) is 18.2 Å². The molecule has 0 aromatic heterocycles. The number of aryl methyl sites for hydroxylation is 1. The summed E-state index contributed by atoms with van der Waals surface area (Å²) in [5.41, 5.74) is 11.6. The van der Waals surface area contributed by atoms with Crippen LogP contribution in [0.1, 0.15) is 29.2 Å². The third-order valence-electron chi connectivity index (χ3n) is 3.96. The van der Waals surface area contributed by atoms with Crippen LogP contribution in [0.25, 0.3) is 0 Å². The van der Waals surface area contributed by atoms with E-state index in [9.17, 15) is 9.18 Å². The van der Waals surface area contributed by atoms with Gasteiger partial charge in [-0.15, -0.1) is 0 Å². The number of hydrazone groups is 1. The molecule has 1 aliphatic heterocycles. The number of nitrogens with one attached hydrogen (secondary N) is 3. The van der Waals surface area contributed by atoms with E-state index in [0.717, 1.165) is 11.1 Å². The van der Waals surface area contributed by atoms with Gasteiger partial charge in [0.15, 0.2) is 0 Å². The van der Waals surface area contributed by atoms with Gasteiger partial charge in [-0.25, -0.2) is 20.7 Å². The van der Waals surface area contributed by atoms with Gasteiger partial charge < -0.3 is 0 Å². The number of nitrogens with zero attached hydrogens (tertiary/aromatic N) is 1. The summed E-state index contributed by atoms with van der Waals surface area (Å²) in [6, 6.07) is 13.7. The molecule has 0 spiro atoms. The number of benzene rings is 2. The van der Waals surface area contributed by atoms with Gasteiger partial charge in [0.2, 0.25) is 0 Å². The molecule has 3 rings (SSSR count). The molecule has 2 aromatic carbocycles. The first kappa shape index (κ1) is 16.3. The van der Waals surface area contributed by atoms with Gasteiger partial charge in [-0.1, -0.05) is 42.0 Å². The summed E-state index contributed by atoms with van der Waals surface area (Å²) in [5, 5.41) is 3.98. The van der Waals surface area contributed by atoms with E-state index in [1.54, 1.807) is 18.3 Å². The zero-order chi connectivity index (χ0) is 16.9. The lowest BCUT2D eigenvalue weighted by Crippen LogP contribution is -2.41. The third-order valence-corrected chi connectivity index (χ3v) is 3.96. The molecule has 5 nitrogen and oxygen atoms in total. The van der Waals surface area contributed by atoms with Crippen molar-refractivity contribution < 1.29 is 9.18 Å². The lowest BCUT2D eigenvalue weighted by atomic mass is 10.0. The van der Waals surface area contributed by atoms with Crippen LogP contribution in [0, 0.1) is 12.7 Å². The summed E-state index contributed by atoms with van der Waals surface area (Å²) in [4.78, 5) is 12.1. The van der Waals surface area contributed by atoms with E-state index in [2.05, 4.69) is 21.4 Å². The first-order valence-electron chi connectivity index (χ1n) is 7.78. The highest BCUT2D eigenvalue weighted by Gasteiger charge is 2.29. The molecule has 6 heteroatoms. The Morgan fingerprint density at radius 1 is 1.17 bits per heavy atom. The van der Waals surface area contributed by atoms with Crippen LogP contribution in [0.3, 0.4) is 0 Å². The van der Waals surface area contributed by atoms with Crippen molar-refractivity contribution in [3.05, 3.63) is 71.0 Å². The van der Waals surface area contributed by atoms with Crippen molar-refractivity contribution in [3.8, 4) is 0 Å². The SMILES string of the molecule is Cc1ccc(/C=N/NC(=O)C2CC(c3ccc(F)cc3)NN2)cc1. The van der Waals surface area contributed by atoms with Crippen LogP contribution >= 0.6 is 0 Å². The van der Waals surface area contributed by atoms with Gasteiger partial charge in [0.05, 0.1) is 6.21 Å². The summed E-state index contributed by atoms with van der Waals surface area (Å²) in [6.07, 6.45) is 2.18. The molecular weight excluding hydrogens is 307 g/mol. The van der Waals surface area contributed by atoms with Gasteiger partial charge in [-0.2, -0.15) is 5.10 Å². The Kier molecular flexibility index (Phi) is 4.98. The van der Waals surface area contributed by atoms with Crippen LogP contribution in [0.15, 0.2) is 53.6 Å². The fraction of sp³-hybridized carbons (Fsp3) is 0.222. The predicted octanol–water partition coefficient (Wildman–Crippen LogP) is 2.19. The maximum Gasteiger partial charge on any atom is 0.258 e. The van der Waals surface area contributed by atoms with Crippen LogP contribution < -0.4 is 16.3 Å². The average molecular weight is 326 g/mol. The second-order valence-corrected chi connectivity index (χ2v) is 5.83. The minimum atomic E-state index is -0.393. The molecule has 124 valence electrons. The second-order valence-electron chi connectivity index (χ2n) is 5.83. The van der Waals surface area contributed by atoms with Crippen LogP contribution in [0.4, 0.5) is 4.39 Å². The zero-order valence-electron chi connectivity index (χ0n) is 13.3. The normalized spacial score (nSPS) is 20.4. The van der Waals surface area contributed by atoms with E-state index in [-0.39, 0.29) is 17.8 Å². The largest absolute Gasteiger partial charge is 0.271 e. The highest BCUT2D eigenvalue weighted by molar-refractivity contribution is 5.85. The zero-order valence-corrected chi connectivity index (χ0v) is 13.3.